The van der Waals surface area contributed by atoms with E-state index in [1.165, 1.54) is 17.2 Å². The summed E-state index contributed by atoms with van der Waals surface area (Å²) in [4.78, 5) is 4.69. The Hall–Kier alpha value is -9.46. The van der Waals surface area contributed by atoms with Crippen LogP contribution in [0.3, 0.4) is 0 Å². The Labute approximate surface area is 578 Å². The Morgan fingerprint density at radius 3 is 1.21 bits per heavy atom. The van der Waals surface area contributed by atoms with E-state index in [0.717, 1.165) is 148 Å². The number of hydrogen-bond acceptors (Lipinski definition) is 11. The van der Waals surface area contributed by atoms with Crippen LogP contribution in [-0.2, 0) is 10.8 Å². The maximum atomic E-state index is 10.4. The van der Waals surface area contributed by atoms with Gasteiger partial charge < -0.3 is 58.8 Å². The first kappa shape index (κ1) is 74.9. The molecule has 97 heavy (non-hydrogen) atoms. The molecule has 5 N–H and O–H groups in total. The lowest BCUT2D eigenvalue weighted by Gasteiger charge is -2.31. The second-order valence-electron chi connectivity index (χ2n) is 25.0. The van der Waals surface area contributed by atoms with Crippen molar-refractivity contribution < 1.29 is 49.0 Å². The summed E-state index contributed by atoms with van der Waals surface area (Å²) in [6, 6.07) is 71.4. The number of quaternary nitrogens is 1. The molecule has 10 rings (SSSR count). The van der Waals surface area contributed by atoms with Crippen molar-refractivity contribution in [2.75, 3.05) is 92.9 Å². The van der Waals surface area contributed by atoms with E-state index in [2.05, 4.69) is 164 Å². The lowest BCUT2D eigenvalue weighted by molar-refractivity contribution is -0.906. The van der Waals surface area contributed by atoms with Crippen molar-refractivity contribution in [2.45, 2.75) is 87.0 Å². The second-order valence-corrected chi connectivity index (χ2v) is 25.0. The molecule has 2 atom stereocenters. The zero-order valence-corrected chi connectivity index (χ0v) is 58.2. The molecular formula is C85H104N3O9+. The second kappa shape index (κ2) is 35.5. The van der Waals surface area contributed by atoms with Gasteiger partial charge in [-0.3, -0.25) is 0 Å². The highest BCUT2D eigenvalue weighted by molar-refractivity contribution is 5.99. The maximum Gasteiger partial charge on any atom is 0.160 e. The van der Waals surface area contributed by atoms with Gasteiger partial charge in [0.1, 0.15) is 43.6 Å². The van der Waals surface area contributed by atoms with E-state index in [0.29, 0.717) is 25.6 Å². The summed E-state index contributed by atoms with van der Waals surface area (Å²) in [6.07, 6.45) is 0.927. The van der Waals surface area contributed by atoms with Crippen molar-refractivity contribution in [3.8, 4) is 51.7 Å². The SMILES string of the molecule is C.CCN(CC)CCOc1ccc(/C(=C(/C)c2ccccc2)c2ccc(OC)c(O)c2)cc1.CCN(CC)CCOc1ccc(C2(c3ccc(O)c(O)c3)CC2(C)c2ccccc2)cc1.CC[N+](C)(CC)CCOc1ccc(/C(=C(/C)c2ccccc2)c2ccc(O)c(O)c2)cc1. The fourth-order valence-corrected chi connectivity index (χ4v) is 12.7. The van der Waals surface area contributed by atoms with E-state index in [-0.39, 0.29) is 47.0 Å². The molecule has 9 aromatic carbocycles. The minimum atomic E-state index is -0.278. The van der Waals surface area contributed by atoms with Crippen LogP contribution in [0, 0.1) is 0 Å². The van der Waals surface area contributed by atoms with E-state index < -0.39 is 0 Å². The number of allylic oxidation sites excluding steroid dienone is 2. The number of hydrogen-bond donors (Lipinski definition) is 5. The Morgan fingerprint density at radius 1 is 0.412 bits per heavy atom. The normalized spacial score (nSPS) is 15.3. The summed E-state index contributed by atoms with van der Waals surface area (Å²) in [7, 11) is 3.81. The van der Waals surface area contributed by atoms with Gasteiger partial charge in [-0.1, -0.05) is 188 Å². The molecular weight excluding hydrogens is 1210 g/mol. The van der Waals surface area contributed by atoms with Crippen LogP contribution in [0.25, 0.3) is 22.3 Å². The highest BCUT2D eigenvalue weighted by Crippen LogP contribution is 2.69. The smallest absolute Gasteiger partial charge is 0.160 e. The standard InChI is InChI=1S/3C28H33NO3.CH4/c1-4-29(5-2)17-18-32-24-14-11-22(12-15-24)28(23-13-16-25(30)26(31)19-23)20-27(28,3)21-9-7-6-8-10-21;1-5-29(6-2)18-19-32-25-15-12-23(13-16-25)28(21(3)22-10-8-7-9-11-22)24-14-17-27(31-4)26(30)20-24;1-5-29(4,6-2)18-19-32-25-15-12-23(13-16-25)28(21(3)22-10-8-7-9-11-22)24-14-17-26(30)27(31)20-24;/h6-16,19,30-31H,4-5,17-18,20H2,1-3H3;7-17,20,30H,5-6,18-19H2,1-4H3;7-17,20H,5-6,18-19H2,1-4H3,(H-,30,31);1H4/p+1/b;2*28-21+;. The first-order valence-electron chi connectivity index (χ1n) is 33.9. The van der Waals surface area contributed by atoms with Gasteiger partial charge in [0.05, 0.1) is 27.2 Å². The lowest BCUT2D eigenvalue weighted by atomic mass is 9.78. The monoisotopic (exact) mass is 1310 g/mol. The van der Waals surface area contributed by atoms with Crippen molar-refractivity contribution in [3.63, 3.8) is 0 Å². The van der Waals surface area contributed by atoms with E-state index in [1.807, 2.05) is 97.1 Å². The topological polar surface area (TPSA) is 145 Å². The Bertz CT molecular complexity index is 3940. The molecule has 0 amide bonds. The summed E-state index contributed by atoms with van der Waals surface area (Å²) in [5, 5.41) is 50.4. The van der Waals surface area contributed by atoms with Gasteiger partial charge in [-0.15, -0.1) is 0 Å². The molecule has 1 fully saturated rings. The van der Waals surface area contributed by atoms with Crippen LogP contribution in [0.2, 0.25) is 0 Å². The van der Waals surface area contributed by atoms with E-state index >= 15 is 0 Å². The number of rotatable bonds is 28. The largest absolute Gasteiger partial charge is 0.504 e. The van der Waals surface area contributed by atoms with Gasteiger partial charge in [-0.05, 0) is 205 Å². The van der Waals surface area contributed by atoms with E-state index in [1.54, 1.807) is 37.4 Å². The quantitative estimate of drug-likeness (QED) is 0.0182. The summed E-state index contributed by atoms with van der Waals surface area (Å²) in [6.45, 7) is 30.6. The molecule has 0 radical (unpaired) electrons. The number of nitrogens with zero attached hydrogens (tertiary/aromatic N) is 3. The zero-order chi connectivity index (χ0) is 68.8. The molecule has 0 spiro atoms. The molecule has 0 aliphatic heterocycles. The predicted octanol–water partition coefficient (Wildman–Crippen LogP) is 18.1. The number of likely N-dealkylation sites (N-methyl/N-ethyl adjacent to an activating group) is 3. The third-order valence-electron chi connectivity index (χ3n) is 19.4. The van der Waals surface area contributed by atoms with Crippen molar-refractivity contribution in [2.24, 2.45) is 0 Å². The molecule has 0 heterocycles. The molecule has 1 aliphatic rings. The van der Waals surface area contributed by atoms with Gasteiger partial charge in [0, 0.05) is 23.9 Å². The van der Waals surface area contributed by atoms with E-state index in [4.69, 9.17) is 18.9 Å². The summed E-state index contributed by atoms with van der Waals surface area (Å²) < 4.78 is 24.2. The van der Waals surface area contributed by atoms with Crippen molar-refractivity contribution in [1.29, 1.82) is 0 Å². The van der Waals surface area contributed by atoms with Crippen LogP contribution >= 0.6 is 0 Å². The maximum absolute atomic E-state index is 10.4. The van der Waals surface area contributed by atoms with Crippen LogP contribution in [-0.4, -0.2) is 133 Å². The predicted molar refractivity (Wildman–Crippen MR) is 400 cm³/mol. The fraction of sp³-hybridized carbons (Fsp3) is 0.318. The molecule has 12 heteroatoms. The number of aromatic hydroxyl groups is 5. The molecule has 0 saturated heterocycles. The van der Waals surface area contributed by atoms with Gasteiger partial charge in [-0.25, -0.2) is 0 Å². The molecule has 12 nitrogen and oxygen atoms in total. The fourth-order valence-electron chi connectivity index (χ4n) is 12.7. The summed E-state index contributed by atoms with van der Waals surface area (Å²) in [5.74, 6) is 2.72. The minimum absolute atomic E-state index is 0. The summed E-state index contributed by atoms with van der Waals surface area (Å²) in [5.41, 5.74) is 13.4. The Kier molecular flexibility index (Phi) is 27.4. The zero-order valence-electron chi connectivity index (χ0n) is 58.2. The van der Waals surface area contributed by atoms with Crippen LogP contribution in [0.1, 0.15) is 126 Å². The number of methoxy groups -OCH3 is 1. The highest BCUT2D eigenvalue weighted by Gasteiger charge is 2.66. The van der Waals surface area contributed by atoms with Gasteiger partial charge in [0.25, 0.3) is 0 Å². The van der Waals surface area contributed by atoms with Crippen molar-refractivity contribution in [3.05, 3.63) is 268 Å². The highest BCUT2D eigenvalue weighted by atomic mass is 16.5. The molecule has 1 saturated carbocycles. The number of ether oxygens (including phenoxy) is 4. The Balaban J connectivity index is 0.000000204. The van der Waals surface area contributed by atoms with Gasteiger partial charge in [-0.2, -0.15) is 0 Å². The van der Waals surface area contributed by atoms with Crippen LogP contribution in [0.15, 0.2) is 218 Å². The third kappa shape index (κ3) is 18.8. The molecule has 0 aromatic heterocycles. The van der Waals surface area contributed by atoms with Gasteiger partial charge >= 0.3 is 0 Å². The van der Waals surface area contributed by atoms with Crippen LogP contribution in [0.5, 0.6) is 51.7 Å². The lowest BCUT2D eigenvalue weighted by Crippen LogP contribution is -2.46. The number of phenolic OH excluding ortho intramolecular Hbond substituents is 5. The first-order chi connectivity index (χ1) is 46.4. The average Bonchev–Trinajstić information content (AvgIpc) is 1.51. The van der Waals surface area contributed by atoms with Crippen molar-refractivity contribution >= 4 is 22.3 Å². The third-order valence-corrected chi connectivity index (χ3v) is 19.4. The van der Waals surface area contributed by atoms with Gasteiger partial charge in [0.2, 0.25) is 0 Å². The average molecular weight is 1310 g/mol. The van der Waals surface area contributed by atoms with Gasteiger partial charge in [0.15, 0.2) is 34.5 Å². The number of benzene rings is 9. The summed E-state index contributed by atoms with van der Waals surface area (Å²) >= 11 is 0. The molecule has 1 aliphatic carbocycles. The molecule has 0 bridgehead atoms. The first-order valence-corrected chi connectivity index (χ1v) is 33.9. The number of phenols is 5. The molecule has 512 valence electrons. The van der Waals surface area contributed by atoms with Crippen LogP contribution in [0.4, 0.5) is 0 Å². The Morgan fingerprint density at radius 2 is 0.794 bits per heavy atom. The van der Waals surface area contributed by atoms with E-state index in [9.17, 15) is 25.5 Å². The minimum Gasteiger partial charge on any atom is -0.504 e. The van der Waals surface area contributed by atoms with Crippen LogP contribution < -0.4 is 18.9 Å². The van der Waals surface area contributed by atoms with Crippen molar-refractivity contribution in [1.82, 2.24) is 9.80 Å². The molecule has 9 aromatic rings. The molecule has 2 unspecified atom stereocenters.